The van der Waals surface area contributed by atoms with Crippen molar-refractivity contribution in [2.75, 3.05) is 6.54 Å². The Morgan fingerprint density at radius 3 is 2.45 bits per heavy atom. The SMILES string of the molecule is CCCN(O)C(=O)[C@H](C(C)C)N(Cc1cccnc1)S(=O)(=O)c1ccccc1[N+](=O)[O-]. The molecular weight excluding hydrogens is 424 g/mol. The summed E-state index contributed by atoms with van der Waals surface area (Å²) in [4.78, 5) is 27.2. The predicted octanol–water partition coefficient (Wildman–Crippen LogP) is 2.83. The third kappa shape index (κ3) is 5.63. The summed E-state index contributed by atoms with van der Waals surface area (Å²) < 4.78 is 28.2. The highest BCUT2D eigenvalue weighted by atomic mass is 32.2. The van der Waals surface area contributed by atoms with Gasteiger partial charge in [0.25, 0.3) is 21.6 Å². The van der Waals surface area contributed by atoms with Crippen LogP contribution in [0, 0.1) is 16.0 Å². The molecule has 168 valence electrons. The van der Waals surface area contributed by atoms with Crippen molar-refractivity contribution in [3.63, 3.8) is 0 Å². The molecule has 1 N–H and O–H groups in total. The first kappa shape index (κ1) is 24.4. The number of carbonyl (C=O) groups excluding carboxylic acids is 1. The zero-order valence-electron chi connectivity index (χ0n) is 17.6. The zero-order chi connectivity index (χ0) is 23.2. The van der Waals surface area contributed by atoms with Gasteiger partial charge in [-0.25, -0.2) is 13.5 Å². The van der Waals surface area contributed by atoms with Gasteiger partial charge in [-0.1, -0.05) is 39.0 Å². The average Bonchev–Trinajstić information content (AvgIpc) is 2.73. The van der Waals surface area contributed by atoms with Crippen LogP contribution in [-0.2, 0) is 21.4 Å². The van der Waals surface area contributed by atoms with Crippen molar-refractivity contribution in [1.29, 1.82) is 0 Å². The number of nitrogens with zero attached hydrogens (tertiary/aromatic N) is 4. The van der Waals surface area contributed by atoms with Gasteiger partial charge < -0.3 is 0 Å². The maximum Gasteiger partial charge on any atom is 0.289 e. The molecule has 0 aliphatic carbocycles. The fourth-order valence-corrected chi connectivity index (χ4v) is 5.03. The second-order valence-electron chi connectivity index (χ2n) is 7.29. The minimum Gasteiger partial charge on any atom is -0.286 e. The summed E-state index contributed by atoms with van der Waals surface area (Å²) in [5.74, 6) is -1.34. The number of carbonyl (C=O) groups is 1. The number of aromatic nitrogens is 1. The molecule has 0 unspecified atom stereocenters. The van der Waals surface area contributed by atoms with Crippen molar-refractivity contribution in [2.45, 2.75) is 44.7 Å². The Kier molecular flexibility index (Phi) is 8.20. The molecule has 10 nitrogen and oxygen atoms in total. The highest BCUT2D eigenvalue weighted by Gasteiger charge is 2.42. The summed E-state index contributed by atoms with van der Waals surface area (Å²) >= 11 is 0. The lowest BCUT2D eigenvalue weighted by Gasteiger charge is -2.34. The molecule has 0 aliphatic heterocycles. The summed E-state index contributed by atoms with van der Waals surface area (Å²) in [6.45, 7) is 4.82. The average molecular weight is 451 g/mol. The smallest absolute Gasteiger partial charge is 0.286 e. The normalized spacial score (nSPS) is 12.7. The van der Waals surface area contributed by atoms with Gasteiger partial charge in [0.2, 0.25) is 0 Å². The van der Waals surface area contributed by atoms with Gasteiger partial charge >= 0.3 is 0 Å². The molecule has 31 heavy (non-hydrogen) atoms. The molecule has 1 atom stereocenters. The number of hydrogen-bond donors (Lipinski definition) is 1. The number of benzene rings is 1. The predicted molar refractivity (Wildman–Crippen MR) is 112 cm³/mol. The lowest BCUT2D eigenvalue weighted by atomic mass is 10.0. The van der Waals surface area contributed by atoms with Gasteiger partial charge in [0.15, 0.2) is 4.90 Å². The van der Waals surface area contributed by atoms with Gasteiger partial charge in [-0.05, 0) is 30.0 Å². The van der Waals surface area contributed by atoms with Crippen molar-refractivity contribution < 1.29 is 23.3 Å². The monoisotopic (exact) mass is 450 g/mol. The Morgan fingerprint density at radius 1 is 1.23 bits per heavy atom. The standard InChI is InChI=1S/C20H26N4O6S/c1-4-12-22(26)20(25)19(15(2)3)23(14-16-8-7-11-21-13-16)31(29,30)18-10-6-5-9-17(18)24(27)28/h5-11,13,15,19,26H,4,12,14H2,1-3H3/t19-/m0/s1. The fourth-order valence-electron chi connectivity index (χ4n) is 3.17. The largest absolute Gasteiger partial charge is 0.289 e. The topological polar surface area (TPSA) is 134 Å². The third-order valence-corrected chi connectivity index (χ3v) is 6.47. The molecule has 0 bridgehead atoms. The van der Waals surface area contributed by atoms with Gasteiger partial charge in [-0.3, -0.25) is 25.1 Å². The lowest BCUT2D eigenvalue weighted by Crippen LogP contribution is -2.52. The maximum absolute atomic E-state index is 13.6. The van der Waals surface area contributed by atoms with E-state index in [0.717, 1.165) is 16.4 Å². The van der Waals surface area contributed by atoms with Crippen molar-refractivity contribution in [2.24, 2.45) is 5.92 Å². The van der Waals surface area contributed by atoms with Crippen LogP contribution in [0.3, 0.4) is 0 Å². The molecule has 0 saturated carbocycles. The quantitative estimate of drug-likeness (QED) is 0.334. The Balaban J connectivity index is 2.66. The van der Waals surface area contributed by atoms with Crippen LogP contribution in [0.1, 0.15) is 32.8 Å². The third-order valence-electron chi connectivity index (χ3n) is 4.59. The van der Waals surface area contributed by atoms with E-state index in [4.69, 9.17) is 0 Å². The Morgan fingerprint density at radius 2 is 1.90 bits per heavy atom. The zero-order valence-corrected chi connectivity index (χ0v) is 18.4. The van der Waals surface area contributed by atoms with Crippen LogP contribution in [0.5, 0.6) is 0 Å². The van der Waals surface area contributed by atoms with Gasteiger partial charge in [0.1, 0.15) is 6.04 Å². The van der Waals surface area contributed by atoms with E-state index in [2.05, 4.69) is 4.98 Å². The van der Waals surface area contributed by atoms with Gasteiger partial charge in [-0.2, -0.15) is 4.31 Å². The van der Waals surface area contributed by atoms with E-state index < -0.39 is 43.4 Å². The van der Waals surface area contributed by atoms with E-state index >= 15 is 0 Å². The van der Waals surface area contributed by atoms with Crippen molar-refractivity contribution in [1.82, 2.24) is 14.4 Å². The first-order valence-electron chi connectivity index (χ1n) is 9.75. The number of amides is 1. The maximum atomic E-state index is 13.6. The molecule has 0 spiro atoms. The highest BCUT2D eigenvalue weighted by molar-refractivity contribution is 7.89. The Bertz CT molecular complexity index is 1010. The van der Waals surface area contributed by atoms with Gasteiger partial charge in [0.05, 0.1) is 4.92 Å². The Labute approximate surface area is 181 Å². The molecule has 1 aromatic heterocycles. The van der Waals surface area contributed by atoms with Crippen LogP contribution in [-0.4, -0.2) is 51.4 Å². The number of rotatable bonds is 10. The lowest BCUT2D eigenvalue weighted by molar-refractivity contribution is -0.387. The fraction of sp³-hybridized carbons (Fsp3) is 0.400. The summed E-state index contributed by atoms with van der Waals surface area (Å²) in [6, 6.07) is 6.94. The molecule has 11 heteroatoms. The van der Waals surface area contributed by atoms with E-state index in [1.807, 2.05) is 0 Å². The minimum atomic E-state index is -4.51. The minimum absolute atomic E-state index is 0.0221. The molecule has 1 heterocycles. The van der Waals surface area contributed by atoms with Gasteiger partial charge in [-0.15, -0.1) is 0 Å². The van der Waals surface area contributed by atoms with Crippen LogP contribution < -0.4 is 0 Å². The summed E-state index contributed by atoms with van der Waals surface area (Å²) in [5, 5.41) is 22.1. The molecule has 0 aliphatic rings. The number of nitro groups is 1. The summed E-state index contributed by atoms with van der Waals surface area (Å²) in [5.41, 5.74) is -0.105. The van der Waals surface area contributed by atoms with E-state index in [1.165, 1.54) is 24.5 Å². The molecule has 1 amide bonds. The number of hydroxylamine groups is 2. The van der Waals surface area contributed by atoms with Crippen molar-refractivity contribution >= 4 is 21.6 Å². The van der Waals surface area contributed by atoms with Crippen LogP contribution >= 0.6 is 0 Å². The molecule has 1 aromatic carbocycles. The molecule has 2 rings (SSSR count). The van der Waals surface area contributed by atoms with Crippen molar-refractivity contribution in [3.8, 4) is 0 Å². The highest BCUT2D eigenvalue weighted by Crippen LogP contribution is 2.31. The van der Waals surface area contributed by atoms with Crippen LogP contribution in [0.4, 0.5) is 5.69 Å². The second-order valence-corrected chi connectivity index (χ2v) is 9.15. The second kappa shape index (κ2) is 10.4. The van der Waals surface area contributed by atoms with Crippen LogP contribution in [0.15, 0.2) is 53.7 Å². The number of nitro benzene ring substituents is 1. The molecule has 0 radical (unpaired) electrons. The van der Waals surface area contributed by atoms with E-state index in [-0.39, 0.29) is 13.1 Å². The van der Waals surface area contributed by atoms with Gasteiger partial charge in [0, 0.05) is 31.5 Å². The number of para-hydroxylation sites is 1. The van der Waals surface area contributed by atoms with E-state index in [0.29, 0.717) is 17.0 Å². The number of hydrogen-bond acceptors (Lipinski definition) is 7. The number of pyridine rings is 1. The molecule has 0 fully saturated rings. The first-order valence-corrected chi connectivity index (χ1v) is 11.2. The van der Waals surface area contributed by atoms with Crippen LogP contribution in [0.2, 0.25) is 0 Å². The first-order chi connectivity index (χ1) is 14.6. The summed E-state index contributed by atoms with van der Waals surface area (Å²) in [7, 11) is -4.51. The molecular formula is C20H26N4O6S. The Hall–Kier alpha value is -2.89. The van der Waals surface area contributed by atoms with Crippen molar-refractivity contribution in [3.05, 3.63) is 64.5 Å². The molecule has 2 aromatic rings. The number of sulfonamides is 1. The summed E-state index contributed by atoms with van der Waals surface area (Å²) in [6.07, 6.45) is 3.44. The van der Waals surface area contributed by atoms with E-state index in [9.17, 15) is 28.5 Å². The molecule has 0 saturated heterocycles. The van der Waals surface area contributed by atoms with E-state index in [1.54, 1.807) is 32.9 Å². The van der Waals surface area contributed by atoms with Crippen LogP contribution in [0.25, 0.3) is 0 Å².